The SMILES string of the molecule is C=C1CC[C@@H]2C(C)(C)[C@H](O)CC[C@@]2(C)[C@@H]1CC/C(C)=C/C(=O)NCc1cn(-c2ccc(C(F)(F)F)cc2)nn1. The maximum absolute atomic E-state index is 12.8. The van der Waals surface area contributed by atoms with Crippen LogP contribution < -0.4 is 5.32 Å². The number of carbonyl (C=O) groups excluding carboxylic acids is 1. The summed E-state index contributed by atoms with van der Waals surface area (Å²) in [7, 11) is 0. The van der Waals surface area contributed by atoms with Gasteiger partial charge in [0.05, 0.1) is 30.1 Å². The number of alkyl halides is 3. The molecule has 2 aliphatic carbocycles. The highest BCUT2D eigenvalue weighted by atomic mass is 19.4. The number of nitrogens with one attached hydrogen (secondary N) is 1. The molecule has 1 amide bonds. The van der Waals surface area contributed by atoms with Gasteiger partial charge in [0.2, 0.25) is 5.91 Å². The summed E-state index contributed by atoms with van der Waals surface area (Å²) in [5.41, 5.74) is 2.45. The molecule has 2 aliphatic rings. The van der Waals surface area contributed by atoms with Gasteiger partial charge < -0.3 is 10.4 Å². The van der Waals surface area contributed by atoms with Gasteiger partial charge >= 0.3 is 6.18 Å². The zero-order valence-corrected chi connectivity index (χ0v) is 23.2. The number of benzene rings is 1. The van der Waals surface area contributed by atoms with E-state index >= 15 is 0 Å². The van der Waals surface area contributed by atoms with Crippen molar-refractivity contribution < 1.29 is 23.1 Å². The molecule has 2 N–H and O–H groups in total. The lowest BCUT2D eigenvalue weighted by Gasteiger charge is -2.59. The molecule has 2 aromatic rings. The standard InChI is InChI=1S/C30H39F3N4O2/c1-19(6-12-24-20(2)7-13-25-28(3,4)26(38)14-15-29(24,25)5)16-27(39)34-17-22-18-37(36-35-22)23-10-8-21(9-11-23)30(31,32)33/h8-11,16,18,24-26,38H,2,6-7,12-15,17H2,1,3-5H3,(H,34,39)/b19-16+/t24-,25-,26-,29+/m1/s1. The Bertz CT molecular complexity index is 1230. The van der Waals surface area contributed by atoms with E-state index < -0.39 is 11.7 Å². The first-order valence-corrected chi connectivity index (χ1v) is 13.6. The molecule has 0 unspecified atom stereocenters. The first kappa shape index (κ1) is 29.1. The molecule has 1 aromatic heterocycles. The molecule has 0 spiro atoms. The summed E-state index contributed by atoms with van der Waals surface area (Å²) in [5, 5.41) is 21.4. The Morgan fingerprint density at radius 2 is 1.92 bits per heavy atom. The van der Waals surface area contributed by atoms with Gasteiger partial charge in [-0.25, -0.2) is 4.68 Å². The van der Waals surface area contributed by atoms with E-state index in [1.165, 1.54) is 22.4 Å². The molecule has 212 valence electrons. The second-order valence-electron chi connectivity index (χ2n) is 12.1. The van der Waals surface area contributed by atoms with E-state index in [2.05, 4.69) is 43.0 Å². The number of allylic oxidation sites excluding steroid dienone is 2. The van der Waals surface area contributed by atoms with E-state index in [1.807, 2.05) is 6.92 Å². The first-order chi connectivity index (χ1) is 18.2. The smallest absolute Gasteiger partial charge is 0.393 e. The molecule has 1 aromatic carbocycles. The van der Waals surface area contributed by atoms with E-state index in [1.54, 1.807) is 12.3 Å². The molecule has 0 bridgehead atoms. The van der Waals surface area contributed by atoms with Crippen molar-refractivity contribution >= 4 is 5.91 Å². The third kappa shape index (κ3) is 6.13. The number of hydrogen-bond acceptors (Lipinski definition) is 4. The molecule has 4 rings (SSSR count). The van der Waals surface area contributed by atoms with Crippen molar-refractivity contribution in [3.8, 4) is 5.69 Å². The molecule has 0 saturated heterocycles. The topological polar surface area (TPSA) is 80.0 Å². The number of aromatic nitrogens is 3. The van der Waals surface area contributed by atoms with Crippen molar-refractivity contribution in [2.45, 2.75) is 85.0 Å². The number of nitrogens with zero attached hydrogens (tertiary/aromatic N) is 3. The molecule has 39 heavy (non-hydrogen) atoms. The lowest BCUT2D eigenvalue weighted by molar-refractivity contribution is -0.137. The zero-order chi connectivity index (χ0) is 28.6. The van der Waals surface area contributed by atoms with E-state index in [-0.39, 0.29) is 29.4 Å². The monoisotopic (exact) mass is 544 g/mol. The predicted molar refractivity (Wildman–Crippen MR) is 144 cm³/mol. The van der Waals surface area contributed by atoms with Crippen molar-refractivity contribution in [2.24, 2.45) is 22.7 Å². The summed E-state index contributed by atoms with van der Waals surface area (Å²) < 4.78 is 39.7. The Hall–Kier alpha value is -2.94. The maximum atomic E-state index is 12.8. The maximum Gasteiger partial charge on any atom is 0.416 e. The van der Waals surface area contributed by atoms with E-state index in [0.717, 1.165) is 56.2 Å². The fraction of sp³-hybridized carbons (Fsp3) is 0.567. The summed E-state index contributed by atoms with van der Waals surface area (Å²) in [5.74, 6) is 0.563. The van der Waals surface area contributed by atoms with Gasteiger partial charge in [0.25, 0.3) is 0 Å². The molecule has 0 radical (unpaired) electrons. The number of fused-ring (bicyclic) bond motifs is 1. The Morgan fingerprint density at radius 1 is 1.23 bits per heavy atom. The number of carbonyl (C=O) groups is 1. The van der Waals surface area contributed by atoms with Crippen LogP contribution in [0.2, 0.25) is 0 Å². The Morgan fingerprint density at radius 3 is 2.59 bits per heavy atom. The quantitative estimate of drug-likeness (QED) is 0.312. The molecule has 0 aliphatic heterocycles. The summed E-state index contributed by atoms with van der Waals surface area (Å²) >= 11 is 0. The second-order valence-corrected chi connectivity index (χ2v) is 12.1. The highest BCUT2D eigenvalue weighted by molar-refractivity contribution is 5.88. The van der Waals surface area contributed by atoms with E-state index in [9.17, 15) is 23.1 Å². The van der Waals surface area contributed by atoms with Crippen molar-refractivity contribution in [3.63, 3.8) is 0 Å². The van der Waals surface area contributed by atoms with Crippen molar-refractivity contribution in [2.75, 3.05) is 0 Å². The third-order valence-corrected chi connectivity index (χ3v) is 9.20. The molecule has 4 atom stereocenters. The Kier molecular flexibility index (Phi) is 8.13. The average Bonchev–Trinajstić information content (AvgIpc) is 3.33. The van der Waals surface area contributed by atoms with Crippen LogP contribution in [-0.4, -0.2) is 32.1 Å². The van der Waals surface area contributed by atoms with Crippen LogP contribution in [-0.2, 0) is 17.5 Å². The number of rotatable bonds is 7. The molecule has 1 heterocycles. The van der Waals surface area contributed by atoms with Crippen LogP contribution in [0.5, 0.6) is 0 Å². The lowest BCUT2D eigenvalue weighted by Crippen LogP contribution is -2.54. The van der Waals surface area contributed by atoms with Gasteiger partial charge in [0.15, 0.2) is 0 Å². The largest absolute Gasteiger partial charge is 0.416 e. The molecule has 2 saturated carbocycles. The molecular weight excluding hydrogens is 505 g/mol. The highest BCUT2D eigenvalue weighted by Crippen LogP contribution is 2.61. The number of aliphatic hydroxyl groups is 1. The van der Waals surface area contributed by atoms with Crippen LogP contribution in [0, 0.1) is 22.7 Å². The van der Waals surface area contributed by atoms with Crippen molar-refractivity contribution in [1.29, 1.82) is 0 Å². The van der Waals surface area contributed by atoms with Crippen LogP contribution in [0.25, 0.3) is 5.69 Å². The summed E-state index contributed by atoms with van der Waals surface area (Å²) in [6.45, 7) is 13.3. The van der Waals surface area contributed by atoms with E-state index in [0.29, 0.717) is 23.2 Å². The summed E-state index contributed by atoms with van der Waals surface area (Å²) in [4.78, 5) is 12.6. The number of halogens is 3. The van der Waals surface area contributed by atoms with Crippen LogP contribution in [0.15, 0.2) is 54.3 Å². The Balaban J connectivity index is 1.32. The van der Waals surface area contributed by atoms with Crippen LogP contribution in [0.3, 0.4) is 0 Å². The predicted octanol–water partition coefficient (Wildman–Crippen LogP) is 6.40. The molecule has 6 nitrogen and oxygen atoms in total. The summed E-state index contributed by atoms with van der Waals surface area (Å²) in [6.07, 6.45) is 4.07. The highest BCUT2D eigenvalue weighted by Gasteiger charge is 2.55. The van der Waals surface area contributed by atoms with Gasteiger partial charge in [-0.3, -0.25) is 4.79 Å². The Labute approximate surface area is 228 Å². The fourth-order valence-corrected chi connectivity index (χ4v) is 6.90. The fourth-order valence-electron chi connectivity index (χ4n) is 6.90. The minimum absolute atomic E-state index is 0.0967. The molecule has 2 fully saturated rings. The minimum Gasteiger partial charge on any atom is -0.393 e. The number of amides is 1. The second kappa shape index (κ2) is 10.9. The van der Waals surface area contributed by atoms with Gasteiger partial charge in [0.1, 0.15) is 5.69 Å². The van der Waals surface area contributed by atoms with Gasteiger partial charge in [-0.2, -0.15) is 13.2 Å². The van der Waals surface area contributed by atoms with Crippen molar-refractivity contribution in [3.05, 3.63) is 65.5 Å². The normalized spacial score (nSPS) is 27.2. The number of aliphatic hydroxyl groups excluding tert-OH is 1. The molecule has 9 heteroatoms. The molecular formula is C30H39F3N4O2. The lowest BCUT2D eigenvalue weighted by atomic mass is 9.46. The van der Waals surface area contributed by atoms with Crippen LogP contribution >= 0.6 is 0 Å². The average molecular weight is 545 g/mol. The zero-order valence-electron chi connectivity index (χ0n) is 23.2. The first-order valence-electron chi connectivity index (χ1n) is 13.6. The van der Waals surface area contributed by atoms with Gasteiger partial charge in [-0.15, -0.1) is 5.10 Å². The van der Waals surface area contributed by atoms with Gasteiger partial charge in [-0.05, 0) is 92.4 Å². The van der Waals surface area contributed by atoms with Crippen LogP contribution in [0.1, 0.15) is 77.5 Å². The van der Waals surface area contributed by atoms with Gasteiger partial charge in [-0.1, -0.05) is 43.7 Å². The van der Waals surface area contributed by atoms with Crippen LogP contribution in [0.4, 0.5) is 13.2 Å². The van der Waals surface area contributed by atoms with Gasteiger partial charge in [0, 0.05) is 6.08 Å². The number of hydrogen-bond donors (Lipinski definition) is 2. The van der Waals surface area contributed by atoms with Crippen molar-refractivity contribution in [1.82, 2.24) is 20.3 Å². The van der Waals surface area contributed by atoms with E-state index in [4.69, 9.17) is 0 Å². The third-order valence-electron chi connectivity index (χ3n) is 9.20. The minimum atomic E-state index is -4.40. The summed E-state index contributed by atoms with van der Waals surface area (Å²) in [6, 6.07) is 4.64.